The van der Waals surface area contributed by atoms with E-state index in [1.165, 1.54) is 22.2 Å². The molecule has 1 atom stereocenters. The molecular weight excluding hydrogens is 522 g/mol. The second-order valence-electron chi connectivity index (χ2n) is 9.28. The average molecular weight is 554 g/mol. The Morgan fingerprint density at radius 3 is 2.27 bits per heavy atom. The molecule has 1 saturated heterocycles. The fourth-order valence-corrected chi connectivity index (χ4v) is 5.64. The van der Waals surface area contributed by atoms with Crippen molar-refractivity contribution in [2.75, 3.05) is 16.8 Å². The topological polar surface area (TPSA) is 99.5 Å². The van der Waals surface area contributed by atoms with Gasteiger partial charge in [-0.3, -0.25) is 14.5 Å². The summed E-state index contributed by atoms with van der Waals surface area (Å²) >= 11 is 1.20. The lowest BCUT2D eigenvalue weighted by Crippen LogP contribution is -2.30. The van der Waals surface area contributed by atoms with E-state index in [1.807, 2.05) is 36.4 Å². The van der Waals surface area contributed by atoms with Crippen LogP contribution in [0.1, 0.15) is 48.2 Å². The Hall–Kier alpha value is -4.35. The molecular formula is C32H31N3O4S. The van der Waals surface area contributed by atoms with E-state index in [2.05, 4.69) is 12.2 Å². The molecule has 0 aliphatic carbocycles. The van der Waals surface area contributed by atoms with Crippen LogP contribution in [-0.2, 0) is 27.2 Å². The molecule has 0 bridgehead atoms. The predicted octanol–water partition coefficient (Wildman–Crippen LogP) is 6.27. The molecule has 1 aliphatic rings. The number of anilines is 2. The number of hydrogen-bond acceptors (Lipinski definition) is 6. The Balaban J connectivity index is 1.60. The lowest BCUT2D eigenvalue weighted by Gasteiger charge is -2.18. The first kappa shape index (κ1) is 28.7. The van der Waals surface area contributed by atoms with Crippen LogP contribution in [-0.4, -0.2) is 29.6 Å². The van der Waals surface area contributed by atoms with E-state index in [4.69, 9.17) is 4.74 Å². The Bertz CT molecular complexity index is 1430. The lowest BCUT2D eigenvalue weighted by atomic mass is 10.1. The van der Waals surface area contributed by atoms with Crippen molar-refractivity contribution < 1.29 is 19.1 Å². The minimum Gasteiger partial charge on any atom is -0.462 e. The highest BCUT2D eigenvalue weighted by atomic mass is 32.2. The number of unbranched alkanes of at least 4 members (excludes halogenated alkanes) is 1. The highest BCUT2D eigenvalue weighted by molar-refractivity contribution is 8.05. The van der Waals surface area contributed by atoms with Crippen LogP contribution in [0.4, 0.5) is 11.4 Å². The summed E-state index contributed by atoms with van der Waals surface area (Å²) in [6.07, 6.45) is 3.52. The van der Waals surface area contributed by atoms with Gasteiger partial charge in [0.25, 0.3) is 5.91 Å². The molecule has 0 saturated carbocycles. The third-order valence-electron chi connectivity index (χ3n) is 6.44. The van der Waals surface area contributed by atoms with Crippen molar-refractivity contribution in [1.29, 1.82) is 5.26 Å². The van der Waals surface area contributed by atoms with Crippen molar-refractivity contribution in [3.8, 4) is 6.07 Å². The number of benzene rings is 3. The molecule has 8 heteroatoms. The number of nitriles is 1. The molecule has 0 spiro atoms. The first-order chi connectivity index (χ1) is 19.4. The number of aryl methyl sites for hydroxylation is 1. The summed E-state index contributed by atoms with van der Waals surface area (Å²) in [6, 6.07) is 25.6. The summed E-state index contributed by atoms with van der Waals surface area (Å²) in [7, 11) is 0. The van der Waals surface area contributed by atoms with Gasteiger partial charge in [-0.05, 0) is 73.7 Å². The highest BCUT2D eigenvalue weighted by Gasteiger charge is 2.40. The van der Waals surface area contributed by atoms with Gasteiger partial charge in [-0.1, -0.05) is 67.6 Å². The first-order valence-electron chi connectivity index (χ1n) is 13.3. The molecule has 1 unspecified atom stereocenters. The molecule has 204 valence electrons. The average Bonchev–Trinajstić information content (AvgIpc) is 3.28. The highest BCUT2D eigenvalue weighted by Crippen LogP contribution is 2.42. The number of para-hydroxylation sites is 1. The second-order valence-corrected chi connectivity index (χ2v) is 10.5. The maximum absolute atomic E-state index is 13.7. The van der Waals surface area contributed by atoms with Crippen molar-refractivity contribution >= 4 is 40.9 Å². The summed E-state index contributed by atoms with van der Waals surface area (Å²) < 4.78 is 5.04. The van der Waals surface area contributed by atoms with Crippen molar-refractivity contribution in [3.05, 3.63) is 106 Å². The van der Waals surface area contributed by atoms with Gasteiger partial charge in [0.1, 0.15) is 16.7 Å². The maximum atomic E-state index is 13.7. The molecule has 0 radical (unpaired) electrons. The van der Waals surface area contributed by atoms with Gasteiger partial charge in [0.2, 0.25) is 5.91 Å². The zero-order chi connectivity index (χ0) is 28.5. The molecule has 3 aromatic rings. The monoisotopic (exact) mass is 553 g/mol. The molecule has 1 N–H and O–H groups in total. The van der Waals surface area contributed by atoms with Crippen LogP contribution in [0.5, 0.6) is 0 Å². The number of amides is 2. The Morgan fingerprint density at radius 2 is 1.65 bits per heavy atom. The third kappa shape index (κ3) is 6.80. The van der Waals surface area contributed by atoms with E-state index < -0.39 is 17.1 Å². The van der Waals surface area contributed by atoms with Gasteiger partial charge in [0.05, 0.1) is 17.4 Å². The summed E-state index contributed by atoms with van der Waals surface area (Å²) in [5.41, 5.74) is 3.50. The minimum absolute atomic E-state index is 0.127. The minimum atomic E-state index is -0.570. The normalized spacial score (nSPS) is 15.9. The number of ether oxygens (including phenoxy) is 1. The van der Waals surface area contributed by atoms with Gasteiger partial charge in [-0.15, -0.1) is 0 Å². The second kappa shape index (κ2) is 13.6. The lowest BCUT2D eigenvalue weighted by molar-refractivity contribution is -0.117. The van der Waals surface area contributed by atoms with Crippen LogP contribution < -0.4 is 10.2 Å². The number of nitrogens with one attached hydrogen (secondary N) is 1. The quantitative estimate of drug-likeness (QED) is 0.180. The third-order valence-corrected chi connectivity index (χ3v) is 7.70. The van der Waals surface area contributed by atoms with Crippen molar-refractivity contribution in [3.63, 3.8) is 0 Å². The zero-order valence-electron chi connectivity index (χ0n) is 22.6. The largest absolute Gasteiger partial charge is 0.462 e. The number of rotatable bonds is 10. The predicted molar refractivity (Wildman–Crippen MR) is 158 cm³/mol. The van der Waals surface area contributed by atoms with Gasteiger partial charge in [-0.25, -0.2) is 4.79 Å². The van der Waals surface area contributed by atoms with Crippen LogP contribution in [0, 0.1) is 11.3 Å². The van der Waals surface area contributed by atoms with Gasteiger partial charge in [0, 0.05) is 11.4 Å². The van der Waals surface area contributed by atoms with Crippen LogP contribution in [0.15, 0.2) is 89.5 Å². The van der Waals surface area contributed by atoms with Gasteiger partial charge >= 0.3 is 5.97 Å². The summed E-state index contributed by atoms with van der Waals surface area (Å²) in [5.74, 6) is -1.19. The van der Waals surface area contributed by atoms with Crippen molar-refractivity contribution in [1.82, 2.24) is 0 Å². The summed E-state index contributed by atoms with van der Waals surface area (Å²) in [4.78, 5) is 40.4. The van der Waals surface area contributed by atoms with E-state index in [0.717, 1.165) is 24.8 Å². The number of carbonyl (C=O) groups excluding carboxylic acids is 3. The van der Waals surface area contributed by atoms with E-state index >= 15 is 0 Å². The fourth-order valence-electron chi connectivity index (χ4n) is 4.33. The summed E-state index contributed by atoms with van der Waals surface area (Å²) in [5, 5.41) is 12.6. The smallest absolute Gasteiger partial charge is 0.338 e. The first-order valence-corrected chi connectivity index (χ1v) is 14.2. The Labute approximate surface area is 238 Å². The van der Waals surface area contributed by atoms with Gasteiger partial charge in [0.15, 0.2) is 0 Å². The standard InChI is InChI=1S/C32H31N3O4S/c1-3-5-9-22-14-18-25(19-15-22)34-29(36)27(21-33)31-35(26-10-7-6-8-11-26)30(37)28(40-31)20-23-12-16-24(17-13-23)32(38)39-4-2/h6-8,10-19,28H,3-5,9,20H2,1-2H3,(H,34,36)/b31-27+. The van der Waals surface area contributed by atoms with Crippen LogP contribution in [0.2, 0.25) is 0 Å². The van der Waals surface area contributed by atoms with Gasteiger partial charge < -0.3 is 10.1 Å². The molecule has 1 heterocycles. The molecule has 1 aliphatic heterocycles. The summed E-state index contributed by atoms with van der Waals surface area (Å²) in [6.45, 7) is 4.18. The number of carbonyl (C=O) groups is 3. The van der Waals surface area contributed by atoms with Gasteiger partial charge in [-0.2, -0.15) is 5.26 Å². The molecule has 0 aromatic heterocycles. The molecule has 1 fully saturated rings. The van der Waals surface area contributed by atoms with E-state index in [-0.39, 0.29) is 18.1 Å². The molecule has 3 aromatic carbocycles. The van der Waals surface area contributed by atoms with E-state index in [0.29, 0.717) is 28.4 Å². The number of nitrogens with zero attached hydrogens (tertiary/aromatic N) is 2. The molecule has 7 nitrogen and oxygen atoms in total. The number of esters is 1. The molecule has 4 rings (SSSR count). The zero-order valence-corrected chi connectivity index (χ0v) is 23.4. The van der Waals surface area contributed by atoms with Crippen LogP contribution >= 0.6 is 11.8 Å². The molecule has 40 heavy (non-hydrogen) atoms. The van der Waals surface area contributed by atoms with E-state index in [9.17, 15) is 19.6 Å². The van der Waals surface area contributed by atoms with Crippen molar-refractivity contribution in [2.24, 2.45) is 0 Å². The van der Waals surface area contributed by atoms with E-state index in [1.54, 1.807) is 55.5 Å². The maximum Gasteiger partial charge on any atom is 0.338 e. The number of thioether (sulfide) groups is 1. The fraction of sp³-hybridized carbons (Fsp3) is 0.250. The van der Waals surface area contributed by atoms with Crippen LogP contribution in [0.3, 0.4) is 0 Å². The Kier molecular flexibility index (Phi) is 9.76. The van der Waals surface area contributed by atoms with Crippen LogP contribution in [0.25, 0.3) is 0 Å². The SMILES string of the molecule is CCCCc1ccc(NC(=O)/C(C#N)=C2/SC(Cc3ccc(C(=O)OCC)cc3)C(=O)N2c2ccccc2)cc1. The Morgan fingerprint density at radius 1 is 0.975 bits per heavy atom. The molecule has 2 amide bonds. The van der Waals surface area contributed by atoms with Crippen molar-refractivity contribution in [2.45, 2.75) is 44.8 Å². The number of hydrogen-bond donors (Lipinski definition) is 1.